The van der Waals surface area contributed by atoms with Gasteiger partial charge in [0.2, 0.25) is 0 Å². The molecule has 0 radical (unpaired) electrons. The molecular formula is C24H32N8. The molecule has 3 aromatic rings. The van der Waals surface area contributed by atoms with Gasteiger partial charge in [0.05, 0.1) is 11.6 Å². The van der Waals surface area contributed by atoms with Crippen molar-refractivity contribution >= 4 is 28.4 Å². The molecule has 0 aliphatic carbocycles. The van der Waals surface area contributed by atoms with Crippen LogP contribution < -0.4 is 10.6 Å². The number of anilines is 3. The number of hydrogen-bond donors (Lipinski definition) is 3. The number of nitrogens with zero attached hydrogens (tertiary/aromatic N) is 5. The van der Waals surface area contributed by atoms with Crippen LogP contribution in [-0.2, 0) is 0 Å². The summed E-state index contributed by atoms with van der Waals surface area (Å²) in [6.45, 7) is 7.31. The summed E-state index contributed by atoms with van der Waals surface area (Å²) in [5.74, 6) is 2.31. The van der Waals surface area contributed by atoms with Crippen molar-refractivity contribution in [1.82, 2.24) is 25.1 Å². The van der Waals surface area contributed by atoms with E-state index in [-0.39, 0.29) is 0 Å². The molecule has 4 heterocycles. The zero-order valence-electron chi connectivity index (χ0n) is 19.1. The first-order valence-corrected chi connectivity index (χ1v) is 11.5. The van der Waals surface area contributed by atoms with Crippen LogP contribution in [0, 0.1) is 18.3 Å². The Morgan fingerprint density at radius 1 is 1.19 bits per heavy atom. The molecule has 4 rings (SSSR count). The first-order chi connectivity index (χ1) is 15.6. The molecule has 32 heavy (non-hydrogen) atoms. The fraction of sp³-hybridized carbons (Fsp3) is 0.500. The van der Waals surface area contributed by atoms with Crippen molar-refractivity contribution in [2.24, 2.45) is 0 Å². The molecule has 1 saturated heterocycles. The number of aryl methyl sites for hydroxylation is 1. The predicted octanol–water partition coefficient (Wildman–Crippen LogP) is 4.75. The van der Waals surface area contributed by atoms with Gasteiger partial charge >= 0.3 is 0 Å². The van der Waals surface area contributed by atoms with Gasteiger partial charge in [0.1, 0.15) is 11.6 Å². The van der Waals surface area contributed by atoms with Gasteiger partial charge in [-0.1, -0.05) is 13.8 Å². The fourth-order valence-corrected chi connectivity index (χ4v) is 4.84. The minimum Gasteiger partial charge on any atom is -0.367 e. The van der Waals surface area contributed by atoms with Crippen molar-refractivity contribution in [3.8, 4) is 6.07 Å². The normalized spacial score (nSPS) is 21.4. The van der Waals surface area contributed by atoms with E-state index in [0.29, 0.717) is 24.5 Å². The maximum Gasteiger partial charge on any atom is 0.153 e. The average Bonchev–Trinajstić information content (AvgIpc) is 3.21. The summed E-state index contributed by atoms with van der Waals surface area (Å²) in [4.78, 5) is 12.0. The molecule has 8 heteroatoms. The lowest BCUT2D eigenvalue weighted by molar-refractivity contribution is 0.0735. The molecule has 1 fully saturated rings. The molecule has 0 aromatic carbocycles. The van der Waals surface area contributed by atoms with E-state index in [0.717, 1.165) is 66.3 Å². The summed E-state index contributed by atoms with van der Waals surface area (Å²) in [6, 6.07) is 11.5. The molecule has 0 saturated carbocycles. The average molecular weight is 433 g/mol. The van der Waals surface area contributed by atoms with E-state index in [9.17, 15) is 0 Å². The van der Waals surface area contributed by atoms with E-state index >= 15 is 0 Å². The zero-order chi connectivity index (χ0) is 22.5. The third-order valence-electron chi connectivity index (χ3n) is 6.38. The Bertz CT molecular complexity index is 1070. The van der Waals surface area contributed by atoms with E-state index < -0.39 is 0 Å². The maximum atomic E-state index is 9.08. The van der Waals surface area contributed by atoms with Crippen LogP contribution in [0.2, 0.25) is 0 Å². The number of H-pyrrole nitrogens is 1. The number of aromatic nitrogens is 4. The van der Waals surface area contributed by atoms with Gasteiger partial charge in [-0.2, -0.15) is 10.4 Å². The highest BCUT2D eigenvalue weighted by atomic mass is 15.2. The summed E-state index contributed by atoms with van der Waals surface area (Å²) in [5, 5.41) is 24.4. The van der Waals surface area contributed by atoms with E-state index in [4.69, 9.17) is 10.2 Å². The lowest BCUT2D eigenvalue weighted by atomic mass is 9.88. The Balaban J connectivity index is 1.59. The molecule has 168 valence electrons. The predicted molar refractivity (Wildman–Crippen MR) is 128 cm³/mol. The van der Waals surface area contributed by atoms with Gasteiger partial charge in [0.25, 0.3) is 0 Å². The second-order valence-electron chi connectivity index (χ2n) is 8.57. The van der Waals surface area contributed by atoms with Crippen molar-refractivity contribution in [3.63, 3.8) is 0 Å². The van der Waals surface area contributed by atoms with Gasteiger partial charge in [-0.3, -0.25) is 15.0 Å². The maximum absolute atomic E-state index is 9.08. The number of fused-ring (bicyclic) bond motifs is 1. The second-order valence-corrected chi connectivity index (χ2v) is 8.57. The van der Waals surface area contributed by atoms with E-state index in [2.05, 4.69) is 56.7 Å². The van der Waals surface area contributed by atoms with Crippen molar-refractivity contribution in [3.05, 3.63) is 36.2 Å². The number of nitrogens with one attached hydrogen (secondary N) is 3. The largest absolute Gasteiger partial charge is 0.367 e. The lowest BCUT2D eigenvalue weighted by Gasteiger charge is -2.45. The molecular weight excluding hydrogens is 400 g/mol. The number of rotatable bonds is 8. The third-order valence-corrected chi connectivity index (χ3v) is 6.38. The van der Waals surface area contributed by atoms with E-state index in [1.54, 1.807) is 0 Å². The fourth-order valence-electron chi connectivity index (χ4n) is 4.84. The highest BCUT2D eigenvalue weighted by Crippen LogP contribution is 2.31. The SMILES string of the molecule is CC[C@@H]1C[C@@H](Nc2nc(Nc3cc(C)[nH]n3)cc3ncccc23)C[C@H](CC)N1CCC#N. The topological polar surface area (TPSA) is 106 Å². The van der Waals surface area contributed by atoms with E-state index in [1.807, 2.05) is 31.3 Å². The third kappa shape index (κ3) is 4.83. The number of aromatic amines is 1. The van der Waals surface area contributed by atoms with Crippen LogP contribution in [0.5, 0.6) is 0 Å². The van der Waals surface area contributed by atoms with Crippen molar-refractivity contribution < 1.29 is 0 Å². The number of hydrogen-bond acceptors (Lipinski definition) is 7. The first-order valence-electron chi connectivity index (χ1n) is 11.5. The number of piperidine rings is 1. The summed E-state index contributed by atoms with van der Waals surface area (Å²) < 4.78 is 0. The van der Waals surface area contributed by atoms with Gasteiger partial charge in [-0.25, -0.2) is 4.98 Å². The number of likely N-dealkylation sites (tertiary alicyclic amines) is 1. The molecule has 8 nitrogen and oxygen atoms in total. The second kappa shape index (κ2) is 9.96. The molecule has 3 N–H and O–H groups in total. The molecule has 0 unspecified atom stereocenters. The lowest BCUT2D eigenvalue weighted by Crippen LogP contribution is -2.52. The van der Waals surface area contributed by atoms with E-state index in [1.165, 1.54) is 0 Å². The highest BCUT2D eigenvalue weighted by Gasteiger charge is 2.33. The Morgan fingerprint density at radius 2 is 1.97 bits per heavy atom. The highest BCUT2D eigenvalue weighted by molar-refractivity contribution is 5.91. The van der Waals surface area contributed by atoms with Crippen LogP contribution in [0.15, 0.2) is 30.5 Å². The van der Waals surface area contributed by atoms with Crippen LogP contribution in [0.3, 0.4) is 0 Å². The van der Waals surface area contributed by atoms with Crippen LogP contribution in [0.4, 0.5) is 17.5 Å². The zero-order valence-corrected chi connectivity index (χ0v) is 19.1. The summed E-state index contributed by atoms with van der Waals surface area (Å²) in [7, 11) is 0. The van der Waals surface area contributed by atoms with Gasteiger partial charge < -0.3 is 10.6 Å². The van der Waals surface area contributed by atoms with Gasteiger partial charge in [-0.05, 0) is 44.7 Å². The molecule has 1 aliphatic rings. The Labute approximate surface area is 189 Å². The van der Waals surface area contributed by atoms with Crippen molar-refractivity contribution in [2.75, 3.05) is 17.2 Å². The van der Waals surface area contributed by atoms with Gasteiger partial charge in [-0.15, -0.1) is 0 Å². The molecule has 3 aromatic heterocycles. The Hall–Kier alpha value is -3.18. The summed E-state index contributed by atoms with van der Waals surface area (Å²) in [5.41, 5.74) is 1.88. The quantitative estimate of drug-likeness (QED) is 0.471. The molecule has 3 atom stereocenters. The molecule has 0 bridgehead atoms. The minimum atomic E-state index is 0.321. The summed E-state index contributed by atoms with van der Waals surface area (Å²) in [6.07, 6.45) is 6.63. The van der Waals surface area contributed by atoms with Gasteiger partial charge in [0, 0.05) is 60.5 Å². The van der Waals surface area contributed by atoms with Crippen molar-refractivity contribution in [2.45, 2.75) is 71.0 Å². The molecule has 1 aliphatic heterocycles. The van der Waals surface area contributed by atoms with Crippen LogP contribution in [-0.4, -0.2) is 49.7 Å². The Morgan fingerprint density at radius 3 is 2.62 bits per heavy atom. The van der Waals surface area contributed by atoms with Crippen molar-refractivity contribution in [1.29, 1.82) is 5.26 Å². The Kier molecular flexibility index (Phi) is 6.86. The summed E-state index contributed by atoms with van der Waals surface area (Å²) >= 11 is 0. The van der Waals surface area contributed by atoms with Crippen LogP contribution in [0.1, 0.15) is 51.6 Å². The molecule has 0 spiro atoms. The number of nitriles is 1. The monoisotopic (exact) mass is 432 g/mol. The standard InChI is InChI=1S/C24H32N8/c1-4-18-13-17(14-19(5-2)32(18)11-7-9-25)27-24-20-8-6-10-26-21(20)15-22(29-24)28-23-12-16(3)30-31-23/h6,8,10,12,15,17-19H,4-5,7,11,13-14H2,1-3H3,(H3,27,28,29,30,31)/t17-,18-,19+. The number of pyridine rings is 2. The first kappa shape index (κ1) is 22.0. The van der Waals surface area contributed by atoms with Crippen LogP contribution >= 0.6 is 0 Å². The van der Waals surface area contributed by atoms with Crippen LogP contribution in [0.25, 0.3) is 10.9 Å². The smallest absolute Gasteiger partial charge is 0.153 e. The molecule has 0 amide bonds. The van der Waals surface area contributed by atoms with Gasteiger partial charge in [0.15, 0.2) is 5.82 Å². The minimum absolute atomic E-state index is 0.321.